The maximum Gasteiger partial charge on any atom is 0.186 e. The van der Waals surface area contributed by atoms with Gasteiger partial charge in [-0.25, -0.2) is 0 Å². The number of aliphatic hydroxyl groups excluding tert-OH is 3. The predicted molar refractivity (Wildman–Crippen MR) is 39.4 cm³/mol. The summed E-state index contributed by atoms with van der Waals surface area (Å²) in [6.07, 6.45) is -2.98. The summed E-state index contributed by atoms with van der Waals surface area (Å²) in [5.74, 6) is 0. The minimum Gasteiger partial charge on any atom is -0.394 e. The molecule has 5 heteroatoms. The Morgan fingerprint density at radius 2 is 2.17 bits per heavy atom. The summed E-state index contributed by atoms with van der Waals surface area (Å²) in [5, 5.41) is 27.3. The number of aliphatic hydroxyl groups is 3. The van der Waals surface area contributed by atoms with Crippen LogP contribution >= 0.6 is 0 Å². The lowest BCUT2D eigenvalue weighted by Gasteiger charge is -2.35. The van der Waals surface area contributed by atoms with E-state index in [-0.39, 0.29) is 13.0 Å². The number of hydrogen-bond donors (Lipinski definition) is 3. The van der Waals surface area contributed by atoms with E-state index in [4.69, 9.17) is 14.6 Å². The molecule has 3 N–H and O–H groups in total. The molecule has 0 aromatic rings. The number of hydrogen-bond acceptors (Lipinski definition) is 5. The van der Waals surface area contributed by atoms with Crippen LogP contribution < -0.4 is 0 Å². The maximum absolute atomic E-state index is 9.27. The lowest BCUT2D eigenvalue weighted by molar-refractivity contribution is -0.262. The van der Waals surface area contributed by atoms with Gasteiger partial charge >= 0.3 is 0 Å². The third-order valence-electron chi connectivity index (χ3n) is 1.94. The Morgan fingerprint density at radius 1 is 1.50 bits per heavy atom. The van der Waals surface area contributed by atoms with Gasteiger partial charge in [0.1, 0.15) is 6.10 Å². The minimum absolute atomic E-state index is 0.177. The normalized spacial score (nSPS) is 43.0. The molecule has 1 fully saturated rings. The van der Waals surface area contributed by atoms with Crippen LogP contribution in [-0.2, 0) is 9.47 Å². The molecule has 0 radical (unpaired) electrons. The molecular weight excluding hydrogens is 164 g/mol. The topological polar surface area (TPSA) is 79.2 Å². The third kappa shape index (κ3) is 1.94. The van der Waals surface area contributed by atoms with Crippen LogP contribution in [0.25, 0.3) is 0 Å². The van der Waals surface area contributed by atoms with Crippen molar-refractivity contribution in [1.82, 2.24) is 0 Å². The van der Waals surface area contributed by atoms with Crippen molar-refractivity contribution in [3.8, 4) is 0 Å². The molecule has 1 rings (SSSR count). The molecule has 0 aromatic carbocycles. The van der Waals surface area contributed by atoms with Crippen LogP contribution in [0.5, 0.6) is 0 Å². The Hall–Kier alpha value is -0.200. The second kappa shape index (κ2) is 4.15. The van der Waals surface area contributed by atoms with E-state index in [2.05, 4.69) is 0 Å². The van der Waals surface area contributed by atoms with Gasteiger partial charge in [-0.3, -0.25) is 0 Å². The van der Waals surface area contributed by atoms with Crippen LogP contribution in [0.3, 0.4) is 0 Å². The first-order valence-electron chi connectivity index (χ1n) is 3.84. The Labute approximate surface area is 70.5 Å². The van der Waals surface area contributed by atoms with Gasteiger partial charge in [-0.1, -0.05) is 0 Å². The first-order valence-corrected chi connectivity index (χ1v) is 3.84. The summed E-state index contributed by atoms with van der Waals surface area (Å²) in [5.41, 5.74) is 0. The van der Waals surface area contributed by atoms with Gasteiger partial charge in [-0.05, 0) is 0 Å². The fourth-order valence-electron chi connectivity index (χ4n) is 1.23. The quantitative estimate of drug-likeness (QED) is 0.477. The molecule has 12 heavy (non-hydrogen) atoms. The average molecular weight is 178 g/mol. The fraction of sp³-hybridized carbons (Fsp3) is 1.00. The SMILES string of the molecule is COC1O[C@H](CO)CC(O)[C@H]1O. The smallest absolute Gasteiger partial charge is 0.186 e. The molecule has 0 saturated carbocycles. The van der Waals surface area contributed by atoms with Gasteiger partial charge in [-0.2, -0.15) is 0 Å². The predicted octanol–water partition coefficient (Wildman–Crippen LogP) is -1.54. The summed E-state index contributed by atoms with van der Waals surface area (Å²) >= 11 is 0. The van der Waals surface area contributed by atoms with Crippen molar-refractivity contribution in [1.29, 1.82) is 0 Å². The van der Waals surface area contributed by atoms with Crippen molar-refractivity contribution in [3.63, 3.8) is 0 Å². The average Bonchev–Trinajstić information content (AvgIpc) is 2.09. The molecule has 4 atom stereocenters. The first kappa shape index (κ1) is 9.88. The standard InChI is InChI=1S/C7H14O5/c1-11-7-6(10)5(9)2-4(3-8)12-7/h4-10H,2-3H2,1H3/t4-,5?,6+,7?/m0/s1. The Kier molecular flexibility index (Phi) is 3.42. The molecule has 0 spiro atoms. The molecule has 72 valence electrons. The number of methoxy groups -OCH3 is 1. The summed E-state index contributed by atoms with van der Waals surface area (Å²) in [7, 11) is 1.38. The second-order valence-electron chi connectivity index (χ2n) is 2.84. The summed E-state index contributed by atoms with van der Waals surface area (Å²) in [4.78, 5) is 0. The van der Waals surface area contributed by atoms with E-state index in [0.29, 0.717) is 0 Å². The number of rotatable bonds is 2. The van der Waals surface area contributed by atoms with Crippen molar-refractivity contribution in [3.05, 3.63) is 0 Å². The van der Waals surface area contributed by atoms with Crippen LogP contribution in [-0.4, -0.2) is 53.6 Å². The first-order chi connectivity index (χ1) is 5.69. The lowest BCUT2D eigenvalue weighted by atomic mass is 10.0. The van der Waals surface area contributed by atoms with Crippen molar-refractivity contribution in [2.75, 3.05) is 13.7 Å². The van der Waals surface area contributed by atoms with Gasteiger partial charge in [0, 0.05) is 13.5 Å². The minimum atomic E-state index is -1.03. The second-order valence-corrected chi connectivity index (χ2v) is 2.84. The van der Waals surface area contributed by atoms with E-state index in [1.54, 1.807) is 0 Å². The van der Waals surface area contributed by atoms with Gasteiger partial charge < -0.3 is 24.8 Å². The Balaban J connectivity index is 2.52. The third-order valence-corrected chi connectivity index (χ3v) is 1.94. The fourth-order valence-corrected chi connectivity index (χ4v) is 1.23. The number of ether oxygens (including phenoxy) is 2. The van der Waals surface area contributed by atoms with Gasteiger partial charge in [0.2, 0.25) is 0 Å². The van der Waals surface area contributed by atoms with E-state index >= 15 is 0 Å². The monoisotopic (exact) mass is 178 g/mol. The van der Waals surface area contributed by atoms with Crippen molar-refractivity contribution in [2.45, 2.75) is 31.0 Å². The van der Waals surface area contributed by atoms with Crippen molar-refractivity contribution in [2.24, 2.45) is 0 Å². The van der Waals surface area contributed by atoms with Crippen LogP contribution in [0.4, 0.5) is 0 Å². The summed E-state index contributed by atoms with van der Waals surface area (Å²) < 4.78 is 9.85. The zero-order valence-electron chi connectivity index (χ0n) is 6.88. The molecule has 1 aliphatic rings. The summed E-state index contributed by atoms with van der Waals surface area (Å²) in [6.45, 7) is -0.177. The van der Waals surface area contributed by atoms with Crippen LogP contribution in [0.15, 0.2) is 0 Å². The lowest BCUT2D eigenvalue weighted by Crippen LogP contribution is -2.49. The highest BCUT2D eigenvalue weighted by Crippen LogP contribution is 2.20. The molecule has 1 heterocycles. The highest BCUT2D eigenvalue weighted by Gasteiger charge is 2.36. The molecule has 2 unspecified atom stereocenters. The van der Waals surface area contributed by atoms with Gasteiger partial charge in [0.25, 0.3) is 0 Å². The van der Waals surface area contributed by atoms with Crippen LogP contribution in [0.2, 0.25) is 0 Å². The molecule has 0 aromatic heterocycles. The molecular formula is C7H14O5. The molecule has 1 aliphatic heterocycles. The van der Waals surface area contributed by atoms with E-state index < -0.39 is 24.6 Å². The van der Waals surface area contributed by atoms with Crippen LogP contribution in [0.1, 0.15) is 6.42 Å². The van der Waals surface area contributed by atoms with Crippen LogP contribution in [0, 0.1) is 0 Å². The molecule has 1 saturated heterocycles. The largest absolute Gasteiger partial charge is 0.394 e. The summed E-state index contributed by atoms with van der Waals surface area (Å²) in [6, 6.07) is 0. The van der Waals surface area contributed by atoms with E-state index in [1.165, 1.54) is 7.11 Å². The molecule has 0 bridgehead atoms. The highest BCUT2D eigenvalue weighted by molar-refractivity contribution is 4.80. The maximum atomic E-state index is 9.27. The van der Waals surface area contributed by atoms with Gasteiger partial charge in [0.15, 0.2) is 6.29 Å². The highest BCUT2D eigenvalue weighted by atomic mass is 16.7. The zero-order chi connectivity index (χ0) is 9.14. The molecule has 0 aliphatic carbocycles. The van der Waals surface area contributed by atoms with Crippen molar-refractivity contribution < 1.29 is 24.8 Å². The van der Waals surface area contributed by atoms with E-state index in [9.17, 15) is 10.2 Å². The van der Waals surface area contributed by atoms with Gasteiger partial charge in [0.05, 0.1) is 18.8 Å². The van der Waals surface area contributed by atoms with Crippen molar-refractivity contribution >= 4 is 0 Å². The Morgan fingerprint density at radius 3 is 2.67 bits per heavy atom. The zero-order valence-corrected chi connectivity index (χ0v) is 6.88. The molecule has 0 amide bonds. The Bertz CT molecular complexity index is 140. The van der Waals surface area contributed by atoms with E-state index in [1.807, 2.05) is 0 Å². The van der Waals surface area contributed by atoms with E-state index in [0.717, 1.165) is 0 Å². The molecule has 5 nitrogen and oxygen atoms in total. The van der Waals surface area contributed by atoms with Gasteiger partial charge in [-0.15, -0.1) is 0 Å².